The van der Waals surface area contributed by atoms with E-state index in [0.29, 0.717) is 5.95 Å². The molecule has 1 saturated heterocycles. The van der Waals surface area contributed by atoms with Crippen molar-refractivity contribution in [3.8, 4) is 0 Å². The molecule has 8 nitrogen and oxygen atoms in total. The normalized spacial score (nSPS) is 16.9. The minimum atomic E-state index is 0.271. The van der Waals surface area contributed by atoms with Crippen LogP contribution in [0.4, 0.5) is 17.7 Å². The number of pyridine rings is 1. The molecule has 4 aromatic rings. The van der Waals surface area contributed by atoms with Gasteiger partial charge in [0.05, 0.1) is 11.7 Å². The maximum atomic E-state index is 4.84. The first-order valence-corrected chi connectivity index (χ1v) is 9.09. The quantitative estimate of drug-likeness (QED) is 0.581. The summed E-state index contributed by atoms with van der Waals surface area (Å²) in [5.74, 6) is 2.25. The molecule has 1 atom stereocenters. The Kier molecular flexibility index (Phi) is 3.74. The first-order chi connectivity index (χ1) is 13.3. The second kappa shape index (κ2) is 6.39. The van der Waals surface area contributed by atoms with Crippen molar-refractivity contribution < 1.29 is 0 Å². The van der Waals surface area contributed by atoms with Crippen molar-refractivity contribution in [1.29, 1.82) is 0 Å². The highest BCUT2D eigenvalue weighted by Gasteiger charge is 2.28. The van der Waals surface area contributed by atoms with Crippen LogP contribution in [0.25, 0.3) is 5.65 Å². The number of aromatic amines is 1. The standard InChI is InChI=1S/C19H20N8/c1-13-12-16(25-24-13)21-18-23-19(22-17-5-3-11-27(17)18)26-10-2-4-15(26)14-6-8-20-9-7-14/h3,5-9,11-12,15H,2,4,10H2,1H3,(H2,21,22,23,24,25). The van der Waals surface area contributed by atoms with Crippen LogP contribution in [-0.4, -0.2) is 36.1 Å². The number of nitrogens with zero attached hydrogens (tertiary/aromatic N) is 6. The van der Waals surface area contributed by atoms with Crippen molar-refractivity contribution >= 4 is 23.4 Å². The van der Waals surface area contributed by atoms with Crippen molar-refractivity contribution in [2.45, 2.75) is 25.8 Å². The molecule has 1 aliphatic heterocycles. The summed E-state index contributed by atoms with van der Waals surface area (Å²) >= 11 is 0. The highest BCUT2D eigenvalue weighted by molar-refractivity contribution is 5.57. The molecule has 136 valence electrons. The number of fused-ring (bicyclic) bond motifs is 1. The Morgan fingerprint density at radius 2 is 2.07 bits per heavy atom. The summed E-state index contributed by atoms with van der Waals surface area (Å²) in [6.07, 6.45) is 7.84. The van der Waals surface area contributed by atoms with E-state index in [-0.39, 0.29) is 6.04 Å². The van der Waals surface area contributed by atoms with Crippen molar-refractivity contribution in [2.24, 2.45) is 0 Å². The summed E-state index contributed by atoms with van der Waals surface area (Å²) in [4.78, 5) is 16.1. The number of anilines is 3. The van der Waals surface area contributed by atoms with E-state index in [1.807, 2.05) is 48.1 Å². The van der Waals surface area contributed by atoms with Gasteiger partial charge in [0.2, 0.25) is 11.9 Å². The zero-order valence-electron chi connectivity index (χ0n) is 15.0. The van der Waals surface area contributed by atoms with E-state index in [4.69, 9.17) is 9.97 Å². The lowest BCUT2D eigenvalue weighted by molar-refractivity contribution is 0.700. The third-order valence-electron chi connectivity index (χ3n) is 4.93. The first-order valence-electron chi connectivity index (χ1n) is 9.09. The number of H-pyrrole nitrogens is 1. The van der Waals surface area contributed by atoms with E-state index in [0.717, 1.165) is 42.5 Å². The summed E-state index contributed by atoms with van der Waals surface area (Å²) in [5.41, 5.74) is 3.03. The molecule has 0 spiro atoms. The van der Waals surface area contributed by atoms with Crippen LogP contribution >= 0.6 is 0 Å². The van der Waals surface area contributed by atoms with Crippen LogP contribution in [0.2, 0.25) is 0 Å². The Morgan fingerprint density at radius 3 is 2.89 bits per heavy atom. The second-order valence-corrected chi connectivity index (χ2v) is 6.76. The Hall–Kier alpha value is -3.42. The van der Waals surface area contributed by atoms with Gasteiger partial charge in [-0.15, -0.1) is 0 Å². The average Bonchev–Trinajstić information content (AvgIpc) is 3.42. The van der Waals surface area contributed by atoms with Gasteiger partial charge < -0.3 is 10.2 Å². The zero-order valence-corrected chi connectivity index (χ0v) is 15.0. The Labute approximate surface area is 156 Å². The van der Waals surface area contributed by atoms with Gasteiger partial charge in [0.1, 0.15) is 11.5 Å². The number of aryl methyl sites for hydroxylation is 1. The van der Waals surface area contributed by atoms with Gasteiger partial charge in [-0.3, -0.25) is 14.5 Å². The van der Waals surface area contributed by atoms with Crippen LogP contribution in [-0.2, 0) is 0 Å². The molecule has 1 fully saturated rings. The van der Waals surface area contributed by atoms with Gasteiger partial charge in [-0.2, -0.15) is 15.1 Å². The Bertz CT molecular complexity index is 1070. The molecule has 8 heteroatoms. The topological polar surface area (TPSA) is 87.0 Å². The van der Waals surface area contributed by atoms with Crippen molar-refractivity contribution in [2.75, 3.05) is 16.8 Å². The third-order valence-corrected chi connectivity index (χ3v) is 4.93. The molecule has 1 aliphatic rings. The molecular formula is C19H20N8. The Balaban J connectivity index is 1.55. The lowest BCUT2D eigenvalue weighted by Gasteiger charge is -2.25. The SMILES string of the molecule is Cc1cc(Nc2nc(N3CCCC3c3ccncc3)nc3cccn23)[nH]n1. The van der Waals surface area contributed by atoms with Gasteiger partial charge in [-0.1, -0.05) is 0 Å². The molecule has 0 aliphatic carbocycles. The number of rotatable bonds is 4. The van der Waals surface area contributed by atoms with E-state index in [1.54, 1.807) is 0 Å². The predicted molar refractivity (Wildman–Crippen MR) is 103 cm³/mol. The monoisotopic (exact) mass is 360 g/mol. The maximum absolute atomic E-state index is 4.84. The number of hydrogen-bond acceptors (Lipinski definition) is 6. The van der Waals surface area contributed by atoms with E-state index < -0.39 is 0 Å². The van der Waals surface area contributed by atoms with Crippen molar-refractivity contribution in [3.63, 3.8) is 0 Å². The summed E-state index contributed by atoms with van der Waals surface area (Å²) < 4.78 is 1.94. The van der Waals surface area contributed by atoms with Gasteiger partial charge in [-0.25, -0.2) is 0 Å². The fraction of sp³-hybridized carbons (Fsp3) is 0.263. The minimum Gasteiger partial charge on any atom is -0.334 e. The number of hydrogen-bond donors (Lipinski definition) is 2. The Morgan fingerprint density at radius 1 is 1.19 bits per heavy atom. The zero-order chi connectivity index (χ0) is 18.2. The molecule has 0 bridgehead atoms. The van der Waals surface area contributed by atoms with Gasteiger partial charge in [0, 0.05) is 31.2 Å². The van der Waals surface area contributed by atoms with E-state index in [2.05, 4.69) is 37.5 Å². The van der Waals surface area contributed by atoms with Gasteiger partial charge in [0.15, 0.2) is 0 Å². The largest absolute Gasteiger partial charge is 0.334 e. The predicted octanol–water partition coefficient (Wildman–Crippen LogP) is 3.24. The third kappa shape index (κ3) is 2.88. The summed E-state index contributed by atoms with van der Waals surface area (Å²) in [6, 6.07) is 10.3. The summed E-state index contributed by atoms with van der Waals surface area (Å²) in [5, 5.41) is 10.5. The van der Waals surface area contributed by atoms with Gasteiger partial charge >= 0.3 is 0 Å². The van der Waals surface area contributed by atoms with Crippen LogP contribution in [0, 0.1) is 6.92 Å². The molecule has 1 unspecified atom stereocenters. The molecule has 2 N–H and O–H groups in total. The fourth-order valence-electron chi connectivity index (χ4n) is 3.68. The lowest BCUT2D eigenvalue weighted by atomic mass is 10.1. The maximum Gasteiger partial charge on any atom is 0.231 e. The van der Waals surface area contributed by atoms with Gasteiger partial charge in [0.25, 0.3) is 0 Å². The van der Waals surface area contributed by atoms with Gasteiger partial charge in [-0.05, 0) is 49.6 Å². The highest BCUT2D eigenvalue weighted by atomic mass is 15.3. The highest BCUT2D eigenvalue weighted by Crippen LogP contribution is 2.35. The van der Waals surface area contributed by atoms with Crippen LogP contribution in [0.3, 0.4) is 0 Å². The fourth-order valence-corrected chi connectivity index (χ4v) is 3.68. The molecule has 5 rings (SSSR count). The van der Waals surface area contributed by atoms with Crippen LogP contribution in [0.1, 0.15) is 30.1 Å². The summed E-state index contributed by atoms with van der Waals surface area (Å²) in [6.45, 7) is 2.88. The molecule has 4 aromatic heterocycles. The lowest BCUT2D eigenvalue weighted by Crippen LogP contribution is -2.25. The van der Waals surface area contributed by atoms with Crippen LogP contribution in [0.5, 0.6) is 0 Å². The molecule has 0 amide bonds. The smallest absolute Gasteiger partial charge is 0.231 e. The molecule has 0 aromatic carbocycles. The first kappa shape index (κ1) is 15.8. The molecule has 5 heterocycles. The molecular weight excluding hydrogens is 340 g/mol. The molecule has 0 radical (unpaired) electrons. The average molecular weight is 360 g/mol. The van der Waals surface area contributed by atoms with E-state index >= 15 is 0 Å². The van der Waals surface area contributed by atoms with Crippen LogP contribution in [0.15, 0.2) is 48.9 Å². The molecule has 27 heavy (non-hydrogen) atoms. The number of nitrogens with one attached hydrogen (secondary N) is 2. The number of aromatic nitrogens is 6. The van der Waals surface area contributed by atoms with E-state index in [1.165, 1.54) is 5.56 Å². The van der Waals surface area contributed by atoms with Crippen molar-refractivity contribution in [1.82, 2.24) is 29.5 Å². The minimum absolute atomic E-state index is 0.271. The van der Waals surface area contributed by atoms with Crippen LogP contribution < -0.4 is 10.2 Å². The molecule has 0 saturated carbocycles. The second-order valence-electron chi connectivity index (χ2n) is 6.76. The summed E-state index contributed by atoms with van der Waals surface area (Å²) in [7, 11) is 0. The van der Waals surface area contributed by atoms with Crippen molar-refractivity contribution in [3.05, 3.63) is 60.2 Å². The van der Waals surface area contributed by atoms with E-state index in [9.17, 15) is 0 Å².